The molecule has 2 aromatic rings. The Morgan fingerprint density at radius 1 is 1.40 bits per heavy atom. The zero-order valence-corrected chi connectivity index (χ0v) is 14.8. The number of rotatable bonds is 4. The van der Waals surface area contributed by atoms with Crippen LogP contribution in [0.25, 0.3) is 0 Å². The smallest absolute Gasteiger partial charge is 0.170 e. The van der Waals surface area contributed by atoms with Crippen LogP contribution in [0.5, 0.6) is 0 Å². The van der Waals surface area contributed by atoms with Crippen LogP contribution >= 0.6 is 43.2 Å². The van der Waals surface area contributed by atoms with Crippen molar-refractivity contribution in [1.82, 2.24) is 9.78 Å². The Labute approximate surface area is 138 Å². The van der Waals surface area contributed by atoms with Gasteiger partial charge < -0.3 is 0 Å². The first-order valence-electron chi connectivity index (χ1n) is 6.65. The van der Waals surface area contributed by atoms with Crippen molar-refractivity contribution in [3.63, 3.8) is 0 Å². The summed E-state index contributed by atoms with van der Waals surface area (Å²) in [5, 5.41) is 4.57. The van der Waals surface area contributed by atoms with Gasteiger partial charge in [-0.2, -0.15) is 5.10 Å². The molecule has 6 heteroatoms. The van der Waals surface area contributed by atoms with E-state index >= 15 is 0 Å². The molecule has 0 aromatic carbocycles. The number of aromatic nitrogens is 2. The summed E-state index contributed by atoms with van der Waals surface area (Å²) < 4.78 is 3.88. The third kappa shape index (κ3) is 3.07. The van der Waals surface area contributed by atoms with Crippen LogP contribution in [0.1, 0.15) is 47.8 Å². The molecule has 0 amide bonds. The first-order valence-corrected chi connectivity index (χ1v) is 9.06. The fraction of sp³-hybridized carbons (Fsp3) is 0.429. The Morgan fingerprint density at radius 2 is 2.15 bits per heavy atom. The van der Waals surface area contributed by atoms with Crippen molar-refractivity contribution < 1.29 is 4.79 Å². The van der Waals surface area contributed by atoms with Crippen LogP contribution in [0.15, 0.2) is 25.9 Å². The van der Waals surface area contributed by atoms with Crippen LogP contribution in [0, 0.1) is 0 Å². The number of carbonyl (C=O) groups is 1. The molecular weight excluding hydrogens is 404 g/mol. The summed E-state index contributed by atoms with van der Waals surface area (Å²) >= 11 is 8.35. The van der Waals surface area contributed by atoms with Crippen molar-refractivity contribution in [1.29, 1.82) is 0 Å². The standard InChI is InChI=1S/C14H14Br2N2OS/c15-13-8-11(14(16)20-13)12(19)7-9-5-6-18(17-9)10-3-1-2-4-10/h5-6,8,10H,1-4,7H2. The molecule has 0 unspecified atom stereocenters. The largest absolute Gasteiger partial charge is 0.294 e. The highest BCUT2D eigenvalue weighted by Crippen LogP contribution is 2.33. The van der Waals surface area contributed by atoms with Crippen LogP contribution < -0.4 is 0 Å². The van der Waals surface area contributed by atoms with E-state index in [1.54, 1.807) is 0 Å². The predicted octanol–water partition coefficient (Wildman–Crippen LogP) is 5.01. The maximum atomic E-state index is 12.3. The second-order valence-electron chi connectivity index (χ2n) is 5.06. The number of ketones is 1. The second-order valence-corrected chi connectivity index (χ2v) is 8.81. The molecule has 0 N–H and O–H groups in total. The quantitative estimate of drug-likeness (QED) is 0.655. The first kappa shape index (κ1) is 14.5. The highest BCUT2D eigenvalue weighted by Gasteiger charge is 2.19. The maximum Gasteiger partial charge on any atom is 0.170 e. The summed E-state index contributed by atoms with van der Waals surface area (Å²) in [4.78, 5) is 12.3. The molecular formula is C14H14Br2N2OS. The lowest BCUT2D eigenvalue weighted by Gasteiger charge is -2.08. The van der Waals surface area contributed by atoms with Crippen molar-refractivity contribution >= 4 is 49.0 Å². The molecule has 0 aliphatic heterocycles. The molecule has 1 saturated carbocycles. The normalized spacial score (nSPS) is 15.9. The zero-order chi connectivity index (χ0) is 14.1. The summed E-state index contributed by atoms with van der Waals surface area (Å²) in [5.74, 6) is 0.107. The van der Waals surface area contributed by atoms with Crippen molar-refractivity contribution in [2.75, 3.05) is 0 Å². The topological polar surface area (TPSA) is 34.9 Å². The minimum Gasteiger partial charge on any atom is -0.294 e. The Hall–Kier alpha value is -0.460. The van der Waals surface area contributed by atoms with Gasteiger partial charge in [-0.15, -0.1) is 11.3 Å². The molecule has 2 heterocycles. The van der Waals surface area contributed by atoms with E-state index < -0.39 is 0 Å². The summed E-state index contributed by atoms with van der Waals surface area (Å²) in [5.41, 5.74) is 1.59. The number of nitrogens with zero attached hydrogens (tertiary/aromatic N) is 2. The van der Waals surface area contributed by atoms with Gasteiger partial charge in [-0.1, -0.05) is 12.8 Å². The molecule has 0 atom stereocenters. The Balaban J connectivity index is 1.71. The highest BCUT2D eigenvalue weighted by molar-refractivity contribution is 9.12. The van der Waals surface area contributed by atoms with Gasteiger partial charge in [-0.3, -0.25) is 9.48 Å². The fourth-order valence-electron chi connectivity index (χ4n) is 2.63. The number of thiophene rings is 1. The summed E-state index contributed by atoms with van der Waals surface area (Å²) in [6.45, 7) is 0. The first-order chi connectivity index (χ1) is 9.63. The lowest BCUT2D eigenvalue weighted by atomic mass is 10.1. The third-order valence-electron chi connectivity index (χ3n) is 3.66. The average molecular weight is 418 g/mol. The van der Waals surface area contributed by atoms with E-state index in [9.17, 15) is 4.79 Å². The Kier molecular flexibility index (Phi) is 4.43. The van der Waals surface area contributed by atoms with Gasteiger partial charge in [0.2, 0.25) is 0 Å². The van der Waals surface area contributed by atoms with Gasteiger partial charge in [0.1, 0.15) is 0 Å². The molecule has 20 heavy (non-hydrogen) atoms. The number of carbonyl (C=O) groups excluding carboxylic acids is 1. The van der Waals surface area contributed by atoms with Crippen molar-refractivity contribution in [2.45, 2.75) is 38.1 Å². The third-order valence-corrected chi connectivity index (χ3v) is 6.00. The molecule has 0 radical (unpaired) electrons. The van der Waals surface area contributed by atoms with E-state index in [0.717, 1.165) is 18.8 Å². The summed E-state index contributed by atoms with van der Waals surface area (Å²) in [6.07, 6.45) is 7.36. The molecule has 0 saturated heterocycles. The molecule has 106 valence electrons. The predicted molar refractivity (Wildman–Crippen MR) is 87.5 cm³/mol. The van der Waals surface area contributed by atoms with Gasteiger partial charge in [0.15, 0.2) is 5.78 Å². The Morgan fingerprint density at radius 3 is 2.80 bits per heavy atom. The number of hydrogen-bond donors (Lipinski definition) is 0. The van der Waals surface area contributed by atoms with Crippen molar-refractivity contribution in [3.05, 3.63) is 37.2 Å². The SMILES string of the molecule is O=C(Cc1ccn(C2CCCC2)n1)c1cc(Br)sc1Br. The fourth-order valence-corrected chi connectivity index (χ4v) is 5.49. The van der Waals surface area contributed by atoms with Crippen LogP contribution in [-0.2, 0) is 6.42 Å². The van der Waals surface area contributed by atoms with Crippen LogP contribution in [0.3, 0.4) is 0 Å². The van der Waals surface area contributed by atoms with Gasteiger partial charge in [0.25, 0.3) is 0 Å². The molecule has 3 nitrogen and oxygen atoms in total. The molecule has 0 spiro atoms. The van der Waals surface area contributed by atoms with Crippen molar-refractivity contribution in [2.24, 2.45) is 0 Å². The van der Waals surface area contributed by atoms with E-state index in [1.165, 1.54) is 37.0 Å². The van der Waals surface area contributed by atoms with Crippen LogP contribution in [0.4, 0.5) is 0 Å². The van der Waals surface area contributed by atoms with E-state index in [4.69, 9.17) is 0 Å². The van der Waals surface area contributed by atoms with Gasteiger partial charge in [0, 0.05) is 11.8 Å². The van der Waals surface area contributed by atoms with E-state index in [2.05, 4.69) is 37.0 Å². The summed E-state index contributed by atoms with van der Waals surface area (Å²) in [7, 11) is 0. The van der Waals surface area contributed by atoms with Gasteiger partial charge in [0.05, 0.1) is 25.7 Å². The molecule has 1 fully saturated rings. The second kappa shape index (κ2) is 6.12. The van der Waals surface area contributed by atoms with Crippen LogP contribution in [-0.4, -0.2) is 15.6 Å². The monoisotopic (exact) mass is 416 g/mol. The summed E-state index contributed by atoms with van der Waals surface area (Å²) in [6, 6.07) is 4.36. The minimum atomic E-state index is 0.107. The molecule has 2 aromatic heterocycles. The molecule has 1 aliphatic rings. The van der Waals surface area contributed by atoms with Gasteiger partial charge >= 0.3 is 0 Å². The molecule has 3 rings (SSSR count). The lowest BCUT2D eigenvalue weighted by Crippen LogP contribution is -2.08. The van der Waals surface area contributed by atoms with Crippen LogP contribution in [0.2, 0.25) is 0 Å². The number of Topliss-reactive ketones (excluding diaryl/α,β-unsaturated/α-hetero) is 1. The van der Waals surface area contributed by atoms with E-state index in [-0.39, 0.29) is 5.78 Å². The van der Waals surface area contributed by atoms with Gasteiger partial charge in [-0.25, -0.2) is 0 Å². The molecule has 0 bridgehead atoms. The highest BCUT2D eigenvalue weighted by atomic mass is 79.9. The lowest BCUT2D eigenvalue weighted by molar-refractivity contribution is 0.0991. The average Bonchev–Trinajstić information content (AvgIpc) is 3.09. The minimum absolute atomic E-state index is 0.107. The molecule has 1 aliphatic carbocycles. The Bertz CT molecular complexity index is 629. The van der Waals surface area contributed by atoms with Crippen molar-refractivity contribution in [3.8, 4) is 0 Å². The maximum absolute atomic E-state index is 12.3. The number of halogens is 2. The van der Waals surface area contributed by atoms with Gasteiger partial charge in [-0.05, 0) is 56.8 Å². The zero-order valence-electron chi connectivity index (χ0n) is 10.8. The van der Waals surface area contributed by atoms with E-state index in [0.29, 0.717) is 12.5 Å². The number of hydrogen-bond acceptors (Lipinski definition) is 3. The van der Waals surface area contributed by atoms with E-state index in [1.807, 2.05) is 23.0 Å².